The Morgan fingerprint density at radius 2 is 1.59 bits per heavy atom. The zero-order valence-corrected chi connectivity index (χ0v) is 14.7. The largest absolute Gasteiger partial charge is 0.503 e. The second-order valence-electron chi connectivity index (χ2n) is 5.64. The van der Waals surface area contributed by atoms with Gasteiger partial charge in [-0.05, 0) is 30.3 Å². The van der Waals surface area contributed by atoms with Crippen LogP contribution in [-0.2, 0) is 11.0 Å². The Balaban J connectivity index is 2.46. The van der Waals surface area contributed by atoms with Crippen LogP contribution in [0.25, 0.3) is 0 Å². The van der Waals surface area contributed by atoms with Crippen LogP contribution in [0, 0.1) is 0 Å². The van der Waals surface area contributed by atoms with Gasteiger partial charge >= 0.3 is 12.4 Å². The van der Waals surface area contributed by atoms with Gasteiger partial charge in [0.2, 0.25) is 5.76 Å². The van der Waals surface area contributed by atoms with E-state index >= 15 is 0 Å². The molecule has 0 unspecified atom stereocenters. The SMILES string of the molecule is CN(C(=O)C(N=Nc1cccc(C(F)(F)F)c1)=C(O)C(F)(F)F)c1ccccc1. The number of carbonyl (C=O) groups excluding carboxylic acids is 1. The minimum Gasteiger partial charge on any atom is -0.503 e. The Labute approximate surface area is 160 Å². The Bertz CT molecular complexity index is 937. The molecule has 154 valence electrons. The molecule has 2 rings (SSSR count). The molecule has 0 saturated carbocycles. The normalized spacial score (nSPS) is 13.3. The molecule has 0 aliphatic heterocycles. The van der Waals surface area contributed by atoms with Crippen LogP contribution in [0.2, 0.25) is 0 Å². The summed E-state index contributed by atoms with van der Waals surface area (Å²) in [5.41, 5.74) is -2.84. The van der Waals surface area contributed by atoms with E-state index in [1.807, 2.05) is 0 Å². The molecule has 2 aromatic carbocycles. The first kappa shape index (κ1) is 21.9. The first-order valence-electron chi connectivity index (χ1n) is 7.84. The average molecular weight is 417 g/mol. The Kier molecular flexibility index (Phi) is 6.30. The van der Waals surface area contributed by atoms with Crippen LogP contribution in [-0.4, -0.2) is 24.2 Å². The summed E-state index contributed by atoms with van der Waals surface area (Å²) in [6.07, 6.45) is -10.0. The Hall–Kier alpha value is -3.37. The number of benzene rings is 2. The van der Waals surface area contributed by atoms with Gasteiger partial charge in [-0.3, -0.25) is 4.79 Å². The van der Waals surface area contributed by atoms with Crippen LogP contribution in [0.5, 0.6) is 0 Å². The Morgan fingerprint density at radius 1 is 0.966 bits per heavy atom. The number of halogens is 6. The summed E-state index contributed by atoms with van der Waals surface area (Å²) in [6, 6.07) is 10.8. The Morgan fingerprint density at radius 3 is 2.14 bits per heavy atom. The number of para-hydroxylation sites is 1. The number of alkyl halides is 6. The van der Waals surface area contributed by atoms with E-state index in [-0.39, 0.29) is 5.69 Å². The third kappa shape index (κ3) is 5.56. The van der Waals surface area contributed by atoms with E-state index in [2.05, 4.69) is 10.2 Å². The van der Waals surface area contributed by atoms with Crippen LogP contribution in [0.15, 0.2) is 76.3 Å². The number of aliphatic hydroxyl groups is 1. The minimum atomic E-state index is -5.32. The fourth-order valence-electron chi connectivity index (χ4n) is 2.11. The molecule has 1 amide bonds. The summed E-state index contributed by atoms with van der Waals surface area (Å²) in [7, 11) is 1.14. The predicted octanol–water partition coefficient (Wildman–Crippen LogP) is 5.78. The second-order valence-corrected chi connectivity index (χ2v) is 5.64. The summed E-state index contributed by atoms with van der Waals surface area (Å²) in [5.74, 6) is -3.68. The third-order valence-electron chi connectivity index (χ3n) is 3.58. The van der Waals surface area contributed by atoms with Gasteiger partial charge in [0.15, 0.2) is 5.70 Å². The van der Waals surface area contributed by atoms with Crippen LogP contribution in [0.3, 0.4) is 0 Å². The highest BCUT2D eigenvalue weighted by atomic mass is 19.4. The minimum absolute atomic E-state index is 0.194. The van der Waals surface area contributed by atoms with Crippen molar-refractivity contribution in [2.75, 3.05) is 11.9 Å². The van der Waals surface area contributed by atoms with Gasteiger partial charge in [-0.2, -0.15) is 31.5 Å². The molecule has 29 heavy (non-hydrogen) atoms. The topological polar surface area (TPSA) is 65.3 Å². The maximum atomic E-state index is 12.9. The number of anilines is 1. The van der Waals surface area contributed by atoms with Crippen molar-refractivity contribution in [3.05, 3.63) is 71.6 Å². The lowest BCUT2D eigenvalue weighted by Gasteiger charge is -2.18. The summed E-state index contributed by atoms with van der Waals surface area (Å²) in [4.78, 5) is 13.2. The average Bonchev–Trinajstić information content (AvgIpc) is 2.66. The van der Waals surface area contributed by atoms with Gasteiger partial charge in [-0.1, -0.05) is 24.3 Å². The van der Waals surface area contributed by atoms with Crippen molar-refractivity contribution in [1.29, 1.82) is 0 Å². The summed E-state index contributed by atoms with van der Waals surface area (Å²) >= 11 is 0. The molecule has 0 aliphatic rings. The van der Waals surface area contributed by atoms with Crippen molar-refractivity contribution < 1.29 is 36.2 Å². The summed E-state index contributed by atoms with van der Waals surface area (Å²) < 4.78 is 77.1. The number of allylic oxidation sites excluding steroid dienone is 1. The number of azo groups is 1. The number of hydrogen-bond acceptors (Lipinski definition) is 4. The van der Waals surface area contributed by atoms with Crippen molar-refractivity contribution in [2.24, 2.45) is 10.2 Å². The van der Waals surface area contributed by atoms with Gasteiger partial charge in [0, 0.05) is 12.7 Å². The van der Waals surface area contributed by atoms with Gasteiger partial charge in [0.1, 0.15) is 0 Å². The van der Waals surface area contributed by atoms with E-state index in [1.165, 1.54) is 24.3 Å². The zero-order chi connectivity index (χ0) is 21.8. The zero-order valence-electron chi connectivity index (χ0n) is 14.7. The van der Waals surface area contributed by atoms with Gasteiger partial charge in [-0.25, -0.2) is 0 Å². The molecule has 0 atom stereocenters. The van der Waals surface area contributed by atoms with Gasteiger partial charge in [0.25, 0.3) is 5.91 Å². The van der Waals surface area contributed by atoms with Crippen LogP contribution in [0.4, 0.5) is 37.7 Å². The number of aliphatic hydroxyl groups excluding tert-OH is 1. The van der Waals surface area contributed by atoms with Gasteiger partial charge < -0.3 is 10.0 Å². The van der Waals surface area contributed by atoms with E-state index in [0.717, 1.165) is 30.1 Å². The van der Waals surface area contributed by atoms with E-state index < -0.39 is 41.0 Å². The molecule has 0 spiro atoms. The van der Waals surface area contributed by atoms with Gasteiger partial charge in [-0.15, -0.1) is 5.11 Å². The maximum Gasteiger partial charge on any atom is 0.451 e. The maximum absolute atomic E-state index is 12.9. The number of amides is 1. The molecule has 11 heteroatoms. The molecular formula is C18H13F6N3O2. The van der Waals surface area contributed by atoms with Crippen molar-refractivity contribution >= 4 is 17.3 Å². The number of hydrogen-bond donors (Lipinski definition) is 1. The molecule has 1 N–H and O–H groups in total. The highest BCUT2D eigenvalue weighted by Crippen LogP contribution is 2.32. The number of carbonyl (C=O) groups is 1. The van der Waals surface area contributed by atoms with Crippen LogP contribution in [0.1, 0.15) is 5.56 Å². The smallest absolute Gasteiger partial charge is 0.451 e. The van der Waals surface area contributed by atoms with Crippen LogP contribution >= 0.6 is 0 Å². The first-order chi connectivity index (χ1) is 13.4. The van der Waals surface area contributed by atoms with Crippen molar-refractivity contribution in [3.8, 4) is 0 Å². The van der Waals surface area contributed by atoms with Crippen LogP contribution < -0.4 is 4.90 Å². The highest BCUT2D eigenvalue weighted by molar-refractivity contribution is 6.05. The molecule has 0 bridgehead atoms. The fourth-order valence-corrected chi connectivity index (χ4v) is 2.11. The van der Waals surface area contributed by atoms with E-state index in [1.54, 1.807) is 6.07 Å². The monoisotopic (exact) mass is 417 g/mol. The third-order valence-corrected chi connectivity index (χ3v) is 3.58. The van der Waals surface area contributed by atoms with Crippen molar-refractivity contribution in [1.82, 2.24) is 0 Å². The van der Waals surface area contributed by atoms with Crippen molar-refractivity contribution in [3.63, 3.8) is 0 Å². The van der Waals surface area contributed by atoms with Gasteiger partial charge in [0.05, 0.1) is 11.3 Å². The predicted molar refractivity (Wildman–Crippen MR) is 91.5 cm³/mol. The lowest BCUT2D eigenvalue weighted by molar-refractivity contribution is -0.137. The number of rotatable bonds is 4. The second kappa shape index (κ2) is 8.33. The summed E-state index contributed by atoms with van der Waals surface area (Å²) in [5, 5.41) is 15.8. The fraction of sp³-hybridized carbons (Fsp3) is 0.167. The highest BCUT2D eigenvalue weighted by Gasteiger charge is 2.40. The molecule has 0 fully saturated rings. The van der Waals surface area contributed by atoms with E-state index in [9.17, 15) is 36.2 Å². The molecule has 0 aliphatic carbocycles. The van der Waals surface area contributed by atoms with Crippen molar-refractivity contribution in [2.45, 2.75) is 12.4 Å². The molecule has 0 radical (unpaired) electrons. The lowest BCUT2D eigenvalue weighted by Crippen LogP contribution is -2.30. The lowest BCUT2D eigenvalue weighted by atomic mass is 10.2. The molecule has 2 aromatic rings. The first-order valence-corrected chi connectivity index (χ1v) is 7.84. The molecular weight excluding hydrogens is 404 g/mol. The molecule has 0 heterocycles. The molecule has 5 nitrogen and oxygen atoms in total. The van der Waals surface area contributed by atoms with E-state index in [0.29, 0.717) is 6.07 Å². The molecule has 0 saturated heterocycles. The quantitative estimate of drug-likeness (QED) is 0.296. The molecule has 0 aromatic heterocycles. The standard InChI is InChI=1S/C18H13F6N3O2/c1-27(13-8-3-2-4-9-13)16(29)14(15(28)18(22,23)24)26-25-12-7-5-6-11(10-12)17(19,20)21/h2-10,28H,1H3. The van der Waals surface area contributed by atoms with E-state index in [4.69, 9.17) is 0 Å². The number of likely N-dealkylation sites (N-methyl/N-ethyl adjacent to an activating group) is 1. The summed E-state index contributed by atoms with van der Waals surface area (Å²) in [6.45, 7) is 0. The number of nitrogens with zero attached hydrogens (tertiary/aromatic N) is 3.